The van der Waals surface area contributed by atoms with Gasteiger partial charge in [-0.2, -0.15) is 0 Å². The average molecular weight is 350 g/mol. The molecule has 1 unspecified atom stereocenters. The van der Waals surface area contributed by atoms with Gasteiger partial charge >= 0.3 is 0 Å². The molecule has 0 saturated carbocycles. The second kappa shape index (κ2) is 5.59. The maximum atomic E-state index is 13.3. The molecule has 2 aromatic rings. The summed E-state index contributed by atoms with van der Waals surface area (Å²) in [5.41, 5.74) is 1.77. The molecule has 0 aliphatic heterocycles. The highest BCUT2D eigenvalue weighted by Gasteiger charge is 2.19. The first-order valence-corrected chi connectivity index (χ1v) is 7.31. The van der Waals surface area contributed by atoms with Crippen molar-refractivity contribution in [2.45, 2.75) is 12.3 Å². The van der Waals surface area contributed by atoms with Crippen molar-refractivity contribution in [2.24, 2.45) is 0 Å². The smallest absolute Gasteiger partial charge is 0.124 e. The Morgan fingerprint density at radius 2 is 2.11 bits per heavy atom. The van der Waals surface area contributed by atoms with E-state index in [9.17, 15) is 4.39 Å². The van der Waals surface area contributed by atoms with Gasteiger partial charge in [0, 0.05) is 10.4 Å². The van der Waals surface area contributed by atoms with Gasteiger partial charge in [-0.25, -0.2) is 4.39 Å². The van der Waals surface area contributed by atoms with Crippen LogP contribution in [0.2, 0.25) is 0 Å². The minimum atomic E-state index is -0.411. The summed E-state index contributed by atoms with van der Waals surface area (Å²) in [4.78, 5) is 0.963. The van der Waals surface area contributed by atoms with Gasteiger partial charge in [0.2, 0.25) is 0 Å². The van der Waals surface area contributed by atoms with Gasteiger partial charge in [0.15, 0.2) is 0 Å². The van der Waals surface area contributed by atoms with Crippen LogP contribution in [-0.2, 0) is 0 Å². The molecule has 0 aliphatic rings. The van der Waals surface area contributed by atoms with Gasteiger partial charge in [0.1, 0.15) is 11.6 Å². The van der Waals surface area contributed by atoms with Gasteiger partial charge < -0.3 is 4.74 Å². The summed E-state index contributed by atoms with van der Waals surface area (Å²) in [7, 11) is 1.55. The number of hydrogen-bond acceptors (Lipinski definition) is 2. The predicted molar refractivity (Wildman–Crippen MR) is 77.4 cm³/mol. The molecule has 1 atom stereocenters. The zero-order chi connectivity index (χ0) is 13.3. The number of hydrogen-bond donors (Lipinski definition) is 0. The molecule has 0 spiro atoms. The number of alkyl halides is 1. The average Bonchev–Trinajstić information content (AvgIpc) is 2.68. The van der Waals surface area contributed by atoms with E-state index in [1.807, 2.05) is 13.0 Å². The molecule has 96 valence electrons. The maximum Gasteiger partial charge on any atom is 0.124 e. The lowest BCUT2D eigenvalue weighted by atomic mass is 10.1. The van der Waals surface area contributed by atoms with Crippen LogP contribution >= 0.6 is 38.9 Å². The van der Waals surface area contributed by atoms with Crippen LogP contribution in [0, 0.1) is 12.7 Å². The van der Waals surface area contributed by atoms with Crippen molar-refractivity contribution in [2.75, 3.05) is 7.11 Å². The summed E-state index contributed by atoms with van der Waals surface area (Å²) < 4.78 is 19.6. The van der Waals surface area contributed by atoms with Crippen molar-refractivity contribution < 1.29 is 9.13 Å². The number of ether oxygens (including phenoxy) is 1. The van der Waals surface area contributed by atoms with E-state index in [2.05, 4.69) is 15.9 Å². The van der Waals surface area contributed by atoms with Crippen molar-refractivity contribution in [3.8, 4) is 5.75 Å². The molecule has 0 bridgehead atoms. The van der Waals surface area contributed by atoms with E-state index in [1.165, 1.54) is 12.1 Å². The largest absolute Gasteiger partial charge is 0.496 e. The Balaban J connectivity index is 2.44. The maximum absolute atomic E-state index is 13.3. The second-order valence-electron chi connectivity index (χ2n) is 3.85. The van der Waals surface area contributed by atoms with Crippen LogP contribution in [0.15, 0.2) is 28.1 Å². The standard InChI is InChI=1S/C13H11BrClFOS/c1-7-5-11(18-13(7)14)12(15)9-6-8(16)3-4-10(9)17-2/h3-6,12H,1-2H3. The van der Waals surface area contributed by atoms with E-state index >= 15 is 0 Å². The third-order valence-corrected chi connectivity index (χ3v) is 5.39. The number of thiophene rings is 1. The summed E-state index contributed by atoms with van der Waals surface area (Å²) in [5.74, 6) is 0.280. The lowest BCUT2D eigenvalue weighted by Gasteiger charge is -2.12. The highest BCUT2D eigenvalue weighted by atomic mass is 79.9. The first-order chi connectivity index (χ1) is 8.52. The number of halogens is 3. The van der Waals surface area contributed by atoms with Crippen molar-refractivity contribution >= 4 is 38.9 Å². The quantitative estimate of drug-likeness (QED) is 0.684. The van der Waals surface area contributed by atoms with Crippen LogP contribution in [0.5, 0.6) is 5.75 Å². The molecule has 1 aromatic carbocycles. The van der Waals surface area contributed by atoms with Gasteiger partial charge in [-0.1, -0.05) is 0 Å². The van der Waals surface area contributed by atoms with Gasteiger partial charge in [0.25, 0.3) is 0 Å². The van der Waals surface area contributed by atoms with Crippen LogP contribution in [0.3, 0.4) is 0 Å². The fraction of sp³-hybridized carbons (Fsp3) is 0.231. The predicted octanol–water partition coefficient (Wildman–Crippen LogP) is 5.29. The monoisotopic (exact) mass is 348 g/mol. The van der Waals surface area contributed by atoms with Crippen molar-refractivity contribution in [3.63, 3.8) is 0 Å². The zero-order valence-corrected chi connectivity index (χ0v) is 13.0. The van der Waals surface area contributed by atoms with E-state index in [-0.39, 0.29) is 5.82 Å². The molecule has 0 fully saturated rings. The molecule has 1 heterocycles. The highest BCUT2D eigenvalue weighted by Crippen LogP contribution is 2.41. The third-order valence-electron chi connectivity index (χ3n) is 2.59. The van der Waals surface area contributed by atoms with E-state index < -0.39 is 5.38 Å². The van der Waals surface area contributed by atoms with Crippen LogP contribution < -0.4 is 4.74 Å². The summed E-state index contributed by atoms with van der Waals surface area (Å²) in [5, 5.41) is -0.411. The minimum Gasteiger partial charge on any atom is -0.496 e. The summed E-state index contributed by atoms with van der Waals surface area (Å²) >= 11 is 11.4. The summed E-state index contributed by atoms with van der Waals surface area (Å²) in [6.45, 7) is 2.00. The molecular weight excluding hydrogens is 339 g/mol. The van der Waals surface area contributed by atoms with Crippen LogP contribution in [0.1, 0.15) is 21.4 Å². The number of aryl methyl sites for hydroxylation is 1. The Bertz CT molecular complexity index is 551. The summed E-state index contributed by atoms with van der Waals surface area (Å²) in [6.07, 6.45) is 0. The topological polar surface area (TPSA) is 9.23 Å². The van der Waals surface area contributed by atoms with Crippen molar-refractivity contribution in [1.82, 2.24) is 0 Å². The Morgan fingerprint density at radius 3 is 2.67 bits per heavy atom. The zero-order valence-electron chi connectivity index (χ0n) is 9.84. The van der Waals surface area contributed by atoms with E-state index in [0.717, 1.165) is 14.2 Å². The van der Waals surface area contributed by atoms with Crippen LogP contribution in [0.4, 0.5) is 4.39 Å². The number of methoxy groups -OCH3 is 1. The molecule has 18 heavy (non-hydrogen) atoms. The van der Waals surface area contributed by atoms with E-state index in [1.54, 1.807) is 24.5 Å². The Labute approximate surface area is 123 Å². The van der Waals surface area contributed by atoms with Crippen LogP contribution in [0.25, 0.3) is 0 Å². The normalized spacial score (nSPS) is 12.5. The third kappa shape index (κ3) is 2.71. The molecule has 0 saturated heterocycles. The fourth-order valence-electron chi connectivity index (χ4n) is 1.66. The van der Waals surface area contributed by atoms with Crippen molar-refractivity contribution in [3.05, 3.63) is 49.9 Å². The molecule has 0 aliphatic carbocycles. The highest BCUT2D eigenvalue weighted by molar-refractivity contribution is 9.11. The molecule has 5 heteroatoms. The fourth-order valence-corrected chi connectivity index (χ4v) is 3.60. The molecule has 0 amide bonds. The molecule has 0 radical (unpaired) electrons. The molecule has 1 nitrogen and oxygen atoms in total. The Kier molecular flexibility index (Phi) is 4.30. The first-order valence-electron chi connectivity index (χ1n) is 5.26. The van der Waals surface area contributed by atoms with Crippen LogP contribution in [-0.4, -0.2) is 7.11 Å². The number of benzene rings is 1. The molecule has 0 N–H and O–H groups in total. The Morgan fingerprint density at radius 1 is 1.39 bits per heavy atom. The summed E-state index contributed by atoms with van der Waals surface area (Å²) in [6, 6.07) is 6.37. The number of rotatable bonds is 3. The lowest BCUT2D eigenvalue weighted by Crippen LogP contribution is -1.96. The van der Waals surface area contributed by atoms with Gasteiger partial charge in [-0.15, -0.1) is 22.9 Å². The molecular formula is C13H11BrClFOS. The van der Waals surface area contributed by atoms with Gasteiger partial charge in [-0.05, 0) is 52.7 Å². The van der Waals surface area contributed by atoms with Gasteiger partial charge in [0.05, 0.1) is 16.3 Å². The second-order valence-corrected chi connectivity index (χ2v) is 6.69. The Hall–Kier alpha value is -0.580. The first kappa shape index (κ1) is 13.8. The van der Waals surface area contributed by atoms with E-state index in [4.69, 9.17) is 16.3 Å². The molecule has 1 aromatic heterocycles. The lowest BCUT2D eigenvalue weighted by molar-refractivity contribution is 0.409. The molecule has 2 rings (SSSR count). The van der Waals surface area contributed by atoms with Gasteiger partial charge in [-0.3, -0.25) is 0 Å². The van der Waals surface area contributed by atoms with E-state index in [0.29, 0.717) is 11.3 Å². The SMILES string of the molecule is COc1ccc(F)cc1C(Cl)c1cc(C)c(Br)s1. The minimum absolute atomic E-state index is 0.316. The van der Waals surface area contributed by atoms with Crippen molar-refractivity contribution in [1.29, 1.82) is 0 Å².